The molecule has 1 saturated carbocycles. The monoisotopic (exact) mass is 184 g/mol. The van der Waals surface area contributed by atoms with Gasteiger partial charge in [0, 0.05) is 18.0 Å². The molecule has 2 fully saturated rings. The minimum absolute atomic E-state index is 0.424. The molecule has 2 rings (SSSR count). The van der Waals surface area contributed by atoms with Gasteiger partial charge in [0.25, 0.3) is 0 Å². The highest BCUT2D eigenvalue weighted by molar-refractivity contribution is 4.97. The van der Waals surface area contributed by atoms with Gasteiger partial charge in [0.05, 0.1) is 6.61 Å². The van der Waals surface area contributed by atoms with Gasteiger partial charge >= 0.3 is 0 Å². The molecule has 1 aliphatic carbocycles. The van der Waals surface area contributed by atoms with E-state index in [1.807, 2.05) is 0 Å². The number of likely N-dealkylation sites (tertiary alicyclic amines) is 1. The molecule has 0 bridgehead atoms. The van der Waals surface area contributed by atoms with E-state index >= 15 is 0 Å². The second-order valence-electron chi connectivity index (χ2n) is 4.77. The summed E-state index contributed by atoms with van der Waals surface area (Å²) in [7, 11) is 0. The molecule has 76 valence electrons. The third kappa shape index (κ3) is 2.03. The number of nitrogens with zero attached hydrogens (tertiary/aromatic N) is 1. The van der Waals surface area contributed by atoms with Crippen molar-refractivity contribution in [2.75, 3.05) is 19.7 Å². The SMILES string of the molecule is CC1CCCN1CC1(CON)CC1. The molecular formula is C10H20N2O. The van der Waals surface area contributed by atoms with Crippen LogP contribution in [0.3, 0.4) is 0 Å². The van der Waals surface area contributed by atoms with Crippen molar-refractivity contribution in [1.29, 1.82) is 0 Å². The first kappa shape index (κ1) is 9.44. The van der Waals surface area contributed by atoms with Crippen molar-refractivity contribution >= 4 is 0 Å². The Kier molecular flexibility index (Phi) is 2.58. The van der Waals surface area contributed by atoms with Gasteiger partial charge in [-0.3, -0.25) is 0 Å². The molecular weight excluding hydrogens is 164 g/mol. The van der Waals surface area contributed by atoms with Crippen LogP contribution in [0.1, 0.15) is 32.6 Å². The first-order valence-corrected chi connectivity index (χ1v) is 5.31. The summed E-state index contributed by atoms with van der Waals surface area (Å²) in [5, 5.41) is 0. The van der Waals surface area contributed by atoms with Crippen LogP contribution in [0, 0.1) is 5.41 Å². The van der Waals surface area contributed by atoms with Gasteiger partial charge in [0.2, 0.25) is 0 Å². The van der Waals surface area contributed by atoms with E-state index in [4.69, 9.17) is 10.7 Å². The Morgan fingerprint density at radius 1 is 1.54 bits per heavy atom. The minimum atomic E-state index is 0.424. The summed E-state index contributed by atoms with van der Waals surface area (Å²) >= 11 is 0. The Labute approximate surface area is 80.2 Å². The molecule has 13 heavy (non-hydrogen) atoms. The summed E-state index contributed by atoms with van der Waals surface area (Å²) in [5.41, 5.74) is 0.424. The van der Waals surface area contributed by atoms with E-state index in [0.717, 1.165) is 12.6 Å². The van der Waals surface area contributed by atoms with Gasteiger partial charge in [-0.25, -0.2) is 5.90 Å². The van der Waals surface area contributed by atoms with Crippen LogP contribution >= 0.6 is 0 Å². The molecule has 0 amide bonds. The molecule has 1 heterocycles. The third-order valence-electron chi connectivity index (χ3n) is 3.58. The topological polar surface area (TPSA) is 38.5 Å². The van der Waals surface area contributed by atoms with Crippen molar-refractivity contribution in [3.8, 4) is 0 Å². The molecule has 1 saturated heterocycles. The Hall–Kier alpha value is -0.120. The molecule has 1 aliphatic heterocycles. The average Bonchev–Trinajstić information content (AvgIpc) is 2.73. The molecule has 2 aliphatic rings. The standard InChI is InChI=1S/C10H20N2O/c1-9-3-2-6-12(9)7-10(4-5-10)8-13-11/h9H,2-8,11H2,1H3. The van der Waals surface area contributed by atoms with Crippen LogP contribution in [0.4, 0.5) is 0 Å². The van der Waals surface area contributed by atoms with Gasteiger partial charge in [-0.1, -0.05) is 0 Å². The highest BCUT2D eigenvalue weighted by Gasteiger charge is 2.45. The van der Waals surface area contributed by atoms with E-state index in [2.05, 4.69) is 11.8 Å². The second-order valence-corrected chi connectivity index (χ2v) is 4.77. The fourth-order valence-corrected chi connectivity index (χ4v) is 2.36. The maximum Gasteiger partial charge on any atom is 0.0747 e. The Morgan fingerprint density at radius 3 is 2.77 bits per heavy atom. The summed E-state index contributed by atoms with van der Waals surface area (Å²) in [6, 6.07) is 0.773. The normalized spacial score (nSPS) is 32.3. The van der Waals surface area contributed by atoms with Gasteiger partial charge in [0.15, 0.2) is 0 Å². The quantitative estimate of drug-likeness (QED) is 0.666. The van der Waals surface area contributed by atoms with E-state index < -0.39 is 0 Å². The van der Waals surface area contributed by atoms with Crippen LogP contribution in [0.25, 0.3) is 0 Å². The van der Waals surface area contributed by atoms with Crippen LogP contribution in [0.2, 0.25) is 0 Å². The van der Waals surface area contributed by atoms with Crippen molar-refractivity contribution in [2.24, 2.45) is 11.3 Å². The Morgan fingerprint density at radius 2 is 2.31 bits per heavy atom. The highest BCUT2D eigenvalue weighted by Crippen LogP contribution is 2.47. The van der Waals surface area contributed by atoms with Gasteiger partial charge in [-0.05, 0) is 39.2 Å². The Bertz CT molecular complexity index is 180. The van der Waals surface area contributed by atoms with Crippen molar-refractivity contribution < 1.29 is 4.84 Å². The van der Waals surface area contributed by atoms with Crippen molar-refractivity contribution in [2.45, 2.75) is 38.6 Å². The highest BCUT2D eigenvalue weighted by atomic mass is 16.6. The van der Waals surface area contributed by atoms with Crippen LogP contribution < -0.4 is 5.90 Å². The predicted molar refractivity (Wildman–Crippen MR) is 52.1 cm³/mol. The molecule has 0 aromatic carbocycles. The van der Waals surface area contributed by atoms with Gasteiger partial charge in [-0.2, -0.15) is 0 Å². The molecule has 1 unspecified atom stereocenters. The summed E-state index contributed by atoms with van der Waals surface area (Å²) in [5.74, 6) is 5.15. The number of nitrogens with two attached hydrogens (primary N) is 1. The third-order valence-corrected chi connectivity index (χ3v) is 3.58. The fourth-order valence-electron chi connectivity index (χ4n) is 2.36. The van der Waals surface area contributed by atoms with E-state index in [9.17, 15) is 0 Å². The molecule has 1 atom stereocenters. The maximum absolute atomic E-state index is 5.15. The lowest BCUT2D eigenvalue weighted by Gasteiger charge is -2.26. The zero-order chi connectivity index (χ0) is 9.31. The fraction of sp³-hybridized carbons (Fsp3) is 1.00. The number of hydrogen-bond acceptors (Lipinski definition) is 3. The number of hydrogen-bond donors (Lipinski definition) is 1. The van der Waals surface area contributed by atoms with E-state index in [1.165, 1.54) is 38.8 Å². The first-order chi connectivity index (χ1) is 6.26. The van der Waals surface area contributed by atoms with Crippen LogP contribution in [-0.2, 0) is 4.84 Å². The maximum atomic E-state index is 5.15. The van der Waals surface area contributed by atoms with Crippen molar-refractivity contribution in [3.05, 3.63) is 0 Å². The van der Waals surface area contributed by atoms with E-state index in [-0.39, 0.29) is 0 Å². The zero-order valence-corrected chi connectivity index (χ0v) is 8.46. The average molecular weight is 184 g/mol. The van der Waals surface area contributed by atoms with Gasteiger partial charge in [0.1, 0.15) is 0 Å². The molecule has 0 radical (unpaired) electrons. The van der Waals surface area contributed by atoms with Gasteiger partial charge < -0.3 is 9.74 Å². The van der Waals surface area contributed by atoms with Gasteiger partial charge in [-0.15, -0.1) is 0 Å². The molecule has 0 aromatic heterocycles. The Balaban J connectivity index is 1.83. The van der Waals surface area contributed by atoms with Crippen LogP contribution in [0.5, 0.6) is 0 Å². The molecule has 0 aromatic rings. The van der Waals surface area contributed by atoms with Crippen LogP contribution in [-0.4, -0.2) is 30.6 Å². The minimum Gasteiger partial charge on any atom is -0.304 e. The summed E-state index contributed by atoms with van der Waals surface area (Å²) < 4.78 is 0. The number of rotatable bonds is 4. The van der Waals surface area contributed by atoms with Crippen molar-refractivity contribution in [3.63, 3.8) is 0 Å². The molecule has 0 spiro atoms. The predicted octanol–water partition coefficient (Wildman–Crippen LogP) is 1.14. The van der Waals surface area contributed by atoms with E-state index in [1.54, 1.807) is 0 Å². The summed E-state index contributed by atoms with van der Waals surface area (Å²) in [6.07, 6.45) is 5.32. The lowest BCUT2D eigenvalue weighted by Crippen LogP contribution is -2.35. The molecule has 3 heteroatoms. The van der Waals surface area contributed by atoms with E-state index in [0.29, 0.717) is 5.41 Å². The second kappa shape index (κ2) is 3.56. The first-order valence-electron chi connectivity index (χ1n) is 5.31. The summed E-state index contributed by atoms with van der Waals surface area (Å²) in [4.78, 5) is 7.38. The lowest BCUT2D eigenvalue weighted by atomic mass is 10.1. The largest absolute Gasteiger partial charge is 0.304 e. The lowest BCUT2D eigenvalue weighted by molar-refractivity contribution is 0.0696. The van der Waals surface area contributed by atoms with Crippen molar-refractivity contribution in [1.82, 2.24) is 4.90 Å². The smallest absolute Gasteiger partial charge is 0.0747 e. The molecule has 2 N–H and O–H groups in total. The van der Waals surface area contributed by atoms with Crippen LogP contribution in [0.15, 0.2) is 0 Å². The summed E-state index contributed by atoms with van der Waals surface area (Å²) in [6.45, 7) is 5.54. The zero-order valence-electron chi connectivity index (χ0n) is 8.46. The molecule has 3 nitrogen and oxygen atoms in total.